The molecule has 8 atom stereocenters. The summed E-state index contributed by atoms with van der Waals surface area (Å²) >= 11 is 0. The Morgan fingerprint density at radius 1 is 0.492 bits per heavy atom. The third-order valence-corrected chi connectivity index (χ3v) is 12.1. The van der Waals surface area contributed by atoms with Gasteiger partial charge < -0.3 is 39.9 Å². The van der Waals surface area contributed by atoms with Crippen molar-refractivity contribution in [3.8, 4) is 0 Å². The standard InChI is InChI=1S/C49H87O13P/c1-3-5-7-9-11-13-15-17-19-21-23-25-27-29-31-33-35-37-42(50)59-39-41(40-60-63(57,58)62-49-47(55)45(53)44(52)46(54)48(49)56)61-43(51)38-36-34-32-30-28-26-24-22-20-18-16-14-12-10-8-6-4-2/h11-14,17-20,41,44-49,52-56H,3-10,15-16,21-40H2,1-2H3,(H,57,58)/b13-11+,14-12+,19-17+,20-18+/t41-,44?,45-,46?,47?,48?,49?/m0/s1. The molecule has 0 aromatic heterocycles. The third-order valence-electron chi connectivity index (χ3n) is 11.1. The topological polar surface area (TPSA) is 210 Å². The van der Waals surface area contributed by atoms with Crippen LogP contribution in [0.1, 0.15) is 194 Å². The Kier molecular flexibility index (Phi) is 36.4. The van der Waals surface area contributed by atoms with Gasteiger partial charge in [0.2, 0.25) is 0 Å². The van der Waals surface area contributed by atoms with E-state index in [1.54, 1.807) is 0 Å². The van der Waals surface area contributed by atoms with Crippen molar-refractivity contribution in [1.29, 1.82) is 0 Å². The summed E-state index contributed by atoms with van der Waals surface area (Å²) in [5.41, 5.74) is 0. The number of allylic oxidation sites excluding steroid dienone is 8. The largest absolute Gasteiger partial charge is 0.472 e. The van der Waals surface area contributed by atoms with E-state index in [-0.39, 0.29) is 12.8 Å². The van der Waals surface area contributed by atoms with Crippen LogP contribution in [0.15, 0.2) is 48.6 Å². The molecule has 0 aromatic rings. The highest BCUT2D eigenvalue weighted by atomic mass is 31.2. The smallest absolute Gasteiger partial charge is 0.462 e. The number of carbonyl (C=O) groups excluding carboxylic acids is 2. The first-order valence-corrected chi connectivity index (χ1v) is 25.9. The number of aliphatic hydroxyl groups excluding tert-OH is 5. The van der Waals surface area contributed by atoms with Gasteiger partial charge in [-0.2, -0.15) is 0 Å². The molecule has 0 heterocycles. The minimum absolute atomic E-state index is 0.0850. The van der Waals surface area contributed by atoms with Gasteiger partial charge in [0.25, 0.3) is 0 Å². The number of esters is 2. The first-order valence-electron chi connectivity index (χ1n) is 24.4. The summed E-state index contributed by atoms with van der Waals surface area (Å²) < 4.78 is 33.6. The van der Waals surface area contributed by atoms with Crippen molar-refractivity contribution in [1.82, 2.24) is 0 Å². The third kappa shape index (κ3) is 31.4. The van der Waals surface area contributed by atoms with E-state index in [0.29, 0.717) is 12.8 Å². The van der Waals surface area contributed by atoms with Crippen LogP contribution in [0.3, 0.4) is 0 Å². The first kappa shape index (κ1) is 58.8. The van der Waals surface area contributed by atoms with Crippen LogP contribution < -0.4 is 0 Å². The lowest BCUT2D eigenvalue weighted by molar-refractivity contribution is -0.220. The molecule has 366 valence electrons. The SMILES string of the molecule is CCCCC/C=C/C/C=C/CCCCCCCCCC(=O)OC[C@@H](COP(=O)(O)OC1C(O)C(O)C(O)[C@H](O)C1O)OC(=O)CCCCCCCCC/C=C/C/C=C/CCCCC. The zero-order valence-electron chi connectivity index (χ0n) is 38.9. The minimum atomic E-state index is -5.12. The number of rotatable bonds is 40. The summed E-state index contributed by atoms with van der Waals surface area (Å²) in [6, 6.07) is 0. The monoisotopic (exact) mass is 915 g/mol. The highest BCUT2D eigenvalue weighted by Crippen LogP contribution is 2.47. The summed E-state index contributed by atoms with van der Waals surface area (Å²) in [6.45, 7) is 3.24. The maximum Gasteiger partial charge on any atom is 0.472 e. The van der Waals surface area contributed by atoms with Gasteiger partial charge in [-0.05, 0) is 77.0 Å². The molecule has 0 aliphatic heterocycles. The Bertz CT molecular complexity index is 1290. The quantitative estimate of drug-likeness (QED) is 0.0147. The van der Waals surface area contributed by atoms with Gasteiger partial charge in [0, 0.05) is 12.8 Å². The Labute approximate surface area is 380 Å². The number of hydrogen-bond acceptors (Lipinski definition) is 12. The second-order valence-electron chi connectivity index (χ2n) is 17.0. The maximum atomic E-state index is 12.8. The molecular weight excluding hydrogens is 827 g/mol. The zero-order valence-corrected chi connectivity index (χ0v) is 39.8. The predicted octanol–water partition coefficient (Wildman–Crippen LogP) is 9.95. The van der Waals surface area contributed by atoms with E-state index in [9.17, 15) is 44.6 Å². The van der Waals surface area contributed by atoms with E-state index in [1.807, 2.05) is 0 Å². The van der Waals surface area contributed by atoms with Gasteiger partial charge in [0.1, 0.15) is 43.2 Å². The molecule has 0 aromatic carbocycles. The second kappa shape index (κ2) is 39.0. The minimum Gasteiger partial charge on any atom is -0.462 e. The molecule has 13 nitrogen and oxygen atoms in total. The van der Waals surface area contributed by atoms with Crippen LogP contribution >= 0.6 is 7.82 Å². The zero-order chi connectivity index (χ0) is 46.4. The predicted molar refractivity (Wildman–Crippen MR) is 249 cm³/mol. The van der Waals surface area contributed by atoms with Crippen LogP contribution in [-0.2, 0) is 32.7 Å². The Hall–Kier alpha value is -2.19. The number of phosphoric acid groups is 1. The molecule has 1 fully saturated rings. The highest BCUT2D eigenvalue weighted by Gasteiger charge is 2.51. The average Bonchev–Trinajstić information content (AvgIpc) is 3.26. The van der Waals surface area contributed by atoms with Gasteiger partial charge >= 0.3 is 19.8 Å². The van der Waals surface area contributed by atoms with Crippen molar-refractivity contribution in [3.05, 3.63) is 48.6 Å². The van der Waals surface area contributed by atoms with E-state index in [4.69, 9.17) is 18.5 Å². The number of unbranched alkanes of at least 4 members (excludes halogenated alkanes) is 20. The fraction of sp³-hybridized carbons (Fsp3) is 0.796. The second-order valence-corrected chi connectivity index (χ2v) is 18.4. The van der Waals surface area contributed by atoms with Crippen molar-refractivity contribution in [2.75, 3.05) is 13.2 Å². The molecule has 0 radical (unpaired) electrons. The molecule has 0 bridgehead atoms. The first-order chi connectivity index (χ1) is 30.4. The van der Waals surface area contributed by atoms with Crippen molar-refractivity contribution >= 4 is 19.8 Å². The van der Waals surface area contributed by atoms with Crippen molar-refractivity contribution < 1.29 is 63.1 Å². The molecule has 1 aliphatic rings. The van der Waals surface area contributed by atoms with E-state index in [1.165, 1.54) is 44.9 Å². The number of carbonyl (C=O) groups is 2. The number of phosphoric ester groups is 1. The van der Waals surface area contributed by atoms with Crippen LogP contribution in [0, 0.1) is 0 Å². The Morgan fingerprint density at radius 3 is 1.29 bits per heavy atom. The Morgan fingerprint density at radius 2 is 0.857 bits per heavy atom. The molecule has 0 amide bonds. The molecule has 1 saturated carbocycles. The average molecular weight is 915 g/mol. The lowest BCUT2D eigenvalue weighted by atomic mass is 9.85. The van der Waals surface area contributed by atoms with Crippen molar-refractivity contribution in [3.63, 3.8) is 0 Å². The molecular formula is C49H87O13P. The van der Waals surface area contributed by atoms with Crippen LogP contribution in [0.5, 0.6) is 0 Å². The summed E-state index contributed by atoms with van der Waals surface area (Å²) in [7, 11) is -5.12. The lowest BCUT2D eigenvalue weighted by Gasteiger charge is -2.41. The van der Waals surface area contributed by atoms with Crippen LogP contribution in [-0.4, -0.2) is 98.3 Å². The molecule has 1 aliphatic carbocycles. The summed E-state index contributed by atoms with van der Waals surface area (Å²) in [5, 5.41) is 50.2. The molecule has 6 unspecified atom stereocenters. The fourth-order valence-electron chi connectivity index (χ4n) is 7.17. The summed E-state index contributed by atoms with van der Waals surface area (Å²) in [6.07, 6.45) is 32.9. The molecule has 0 saturated heterocycles. The van der Waals surface area contributed by atoms with Gasteiger partial charge in [0.05, 0.1) is 6.61 Å². The number of aliphatic hydroxyl groups is 5. The normalized spacial score (nSPS) is 22.1. The highest BCUT2D eigenvalue weighted by molar-refractivity contribution is 7.47. The maximum absolute atomic E-state index is 12.8. The number of hydrogen-bond donors (Lipinski definition) is 6. The summed E-state index contributed by atoms with van der Waals surface area (Å²) in [5.74, 6) is -1.12. The van der Waals surface area contributed by atoms with Crippen LogP contribution in [0.4, 0.5) is 0 Å². The molecule has 6 N–H and O–H groups in total. The molecule has 14 heteroatoms. The van der Waals surface area contributed by atoms with Gasteiger partial charge in [-0.15, -0.1) is 0 Å². The van der Waals surface area contributed by atoms with E-state index in [0.717, 1.165) is 109 Å². The molecule has 0 spiro atoms. The van der Waals surface area contributed by atoms with Crippen molar-refractivity contribution in [2.24, 2.45) is 0 Å². The van der Waals surface area contributed by atoms with Gasteiger partial charge in [-0.3, -0.25) is 18.6 Å². The van der Waals surface area contributed by atoms with Crippen LogP contribution in [0.2, 0.25) is 0 Å². The molecule has 63 heavy (non-hydrogen) atoms. The lowest BCUT2D eigenvalue weighted by Crippen LogP contribution is -2.64. The van der Waals surface area contributed by atoms with Crippen LogP contribution in [0.25, 0.3) is 0 Å². The van der Waals surface area contributed by atoms with Gasteiger partial charge in [-0.1, -0.05) is 152 Å². The van der Waals surface area contributed by atoms with E-state index in [2.05, 4.69) is 62.5 Å². The fourth-order valence-corrected chi connectivity index (χ4v) is 8.14. The summed E-state index contributed by atoms with van der Waals surface area (Å²) in [4.78, 5) is 35.8. The van der Waals surface area contributed by atoms with Gasteiger partial charge in [0.15, 0.2) is 6.10 Å². The van der Waals surface area contributed by atoms with E-state index < -0.39 is 75.7 Å². The van der Waals surface area contributed by atoms with Gasteiger partial charge in [-0.25, -0.2) is 4.57 Å². The van der Waals surface area contributed by atoms with Crippen molar-refractivity contribution in [2.45, 2.75) is 236 Å². The van der Waals surface area contributed by atoms with E-state index >= 15 is 0 Å². The molecule has 1 rings (SSSR count). The number of ether oxygens (including phenoxy) is 2. The Balaban J connectivity index is 2.44.